The second kappa shape index (κ2) is 63.1. The van der Waals surface area contributed by atoms with Gasteiger partial charge in [-0.2, -0.15) is 0 Å². The van der Waals surface area contributed by atoms with E-state index in [4.69, 9.17) is 18.5 Å². The van der Waals surface area contributed by atoms with Crippen LogP contribution in [0.3, 0.4) is 0 Å². The molecule has 0 saturated heterocycles. The number of carbonyl (C=O) groups is 2. The minimum absolute atomic E-state index is 0.0432. The van der Waals surface area contributed by atoms with Gasteiger partial charge >= 0.3 is 11.9 Å². The zero-order chi connectivity index (χ0) is 61.2. The van der Waals surface area contributed by atoms with Gasteiger partial charge in [-0.05, 0) is 122 Å². The van der Waals surface area contributed by atoms with Gasteiger partial charge in [-0.3, -0.25) is 14.2 Å². The largest absolute Gasteiger partial charge is 0.756 e. The number of unbranched alkanes of at least 4 members (excludes halogenated alkanes) is 19. The maximum Gasteiger partial charge on any atom is 0.306 e. The number of nitrogens with zero attached hydrogens (tertiary/aromatic N) is 1. The van der Waals surface area contributed by atoms with Crippen molar-refractivity contribution in [3.05, 3.63) is 158 Å². The van der Waals surface area contributed by atoms with E-state index in [1.54, 1.807) is 0 Å². The van der Waals surface area contributed by atoms with Crippen molar-refractivity contribution in [1.82, 2.24) is 0 Å². The summed E-state index contributed by atoms with van der Waals surface area (Å²) in [5.41, 5.74) is 0. The predicted octanol–water partition coefficient (Wildman–Crippen LogP) is 21.0. The lowest BCUT2D eigenvalue weighted by Gasteiger charge is -2.28. The van der Waals surface area contributed by atoms with Gasteiger partial charge in [0, 0.05) is 12.8 Å². The van der Waals surface area contributed by atoms with Gasteiger partial charge in [0.15, 0.2) is 6.10 Å². The quantitative estimate of drug-likeness (QED) is 0.0195. The molecule has 476 valence electrons. The number of phosphoric ester groups is 1. The molecule has 0 aliphatic carbocycles. The monoisotopic (exact) mass is 1180 g/mol. The van der Waals surface area contributed by atoms with E-state index in [2.05, 4.69) is 172 Å². The van der Waals surface area contributed by atoms with Crippen LogP contribution >= 0.6 is 7.82 Å². The Kier molecular flexibility index (Phi) is 59.9. The molecule has 0 aromatic heterocycles. The Hall–Kier alpha value is -4.37. The third-order valence-electron chi connectivity index (χ3n) is 13.5. The van der Waals surface area contributed by atoms with E-state index in [-0.39, 0.29) is 26.1 Å². The Balaban J connectivity index is 4.16. The fourth-order valence-corrected chi connectivity index (χ4v) is 9.25. The van der Waals surface area contributed by atoms with Crippen LogP contribution in [0.25, 0.3) is 0 Å². The fourth-order valence-electron chi connectivity index (χ4n) is 8.52. The number of esters is 2. The van der Waals surface area contributed by atoms with E-state index in [1.165, 1.54) is 70.6 Å². The van der Waals surface area contributed by atoms with Crippen LogP contribution in [0.5, 0.6) is 0 Å². The molecule has 0 amide bonds. The number of quaternary nitrogens is 1. The molecule has 0 aromatic carbocycles. The number of carbonyl (C=O) groups excluding carboxylic acids is 2. The van der Waals surface area contributed by atoms with Crippen LogP contribution in [-0.4, -0.2) is 70.0 Å². The Morgan fingerprint density at radius 3 is 0.952 bits per heavy atom. The molecule has 0 radical (unpaired) electrons. The van der Waals surface area contributed by atoms with E-state index in [0.29, 0.717) is 17.4 Å². The molecule has 0 N–H and O–H groups in total. The van der Waals surface area contributed by atoms with E-state index >= 15 is 0 Å². The lowest BCUT2D eigenvalue weighted by Crippen LogP contribution is -2.37. The summed E-state index contributed by atoms with van der Waals surface area (Å²) in [6.45, 7) is 3.98. The van der Waals surface area contributed by atoms with Crippen molar-refractivity contribution in [3.8, 4) is 0 Å². The van der Waals surface area contributed by atoms with E-state index in [9.17, 15) is 19.0 Å². The van der Waals surface area contributed by atoms with E-state index < -0.39 is 32.5 Å². The SMILES string of the molecule is CC/C=C\C/C=C\C/C=C\C/C=C\C/C=C\C/C=C\C/C=C\CCCCCCCC(=O)OC(COC(=O)CCCCCCCCCCCCCCCC/C=C\C/C=C\C/C=C\C/C=C\C/C=C\C/C=C\CC)COP(=O)([O-])OCC[N+](C)(C)C. The highest BCUT2D eigenvalue weighted by atomic mass is 31.2. The molecule has 2 atom stereocenters. The van der Waals surface area contributed by atoms with Gasteiger partial charge in [-0.25, -0.2) is 0 Å². The Morgan fingerprint density at radius 2 is 0.643 bits per heavy atom. The number of rotatable bonds is 59. The zero-order valence-electron chi connectivity index (χ0n) is 54.0. The maximum absolute atomic E-state index is 12.8. The van der Waals surface area contributed by atoms with Crippen molar-refractivity contribution >= 4 is 19.8 Å². The van der Waals surface area contributed by atoms with Gasteiger partial charge in [0.2, 0.25) is 0 Å². The summed E-state index contributed by atoms with van der Waals surface area (Å²) in [5.74, 6) is -0.864. The summed E-state index contributed by atoms with van der Waals surface area (Å²) < 4.78 is 34.2. The van der Waals surface area contributed by atoms with Crippen LogP contribution in [0.2, 0.25) is 0 Å². The first kappa shape index (κ1) is 79.6. The summed E-state index contributed by atoms with van der Waals surface area (Å²) >= 11 is 0. The second-order valence-electron chi connectivity index (χ2n) is 22.7. The van der Waals surface area contributed by atoms with Gasteiger partial charge in [0.1, 0.15) is 19.8 Å². The first-order valence-electron chi connectivity index (χ1n) is 33.2. The second-order valence-corrected chi connectivity index (χ2v) is 24.1. The maximum atomic E-state index is 12.8. The van der Waals surface area contributed by atoms with Gasteiger partial charge in [-0.15, -0.1) is 0 Å². The highest BCUT2D eigenvalue weighted by Gasteiger charge is 2.22. The highest BCUT2D eigenvalue weighted by molar-refractivity contribution is 7.45. The molecule has 0 rings (SSSR count). The Morgan fingerprint density at radius 1 is 0.369 bits per heavy atom. The van der Waals surface area contributed by atoms with Crippen molar-refractivity contribution in [2.24, 2.45) is 0 Å². The van der Waals surface area contributed by atoms with Crippen molar-refractivity contribution in [3.63, 3.8) is 0 Å². The van der Waals surface area contributed by atoms with Gasteiger partial charge < -0.3 is 27.9 Å². The van der Waals surface area contributed by atoms with Crippen LogP contribution < -0.4 is 4.89 Å². The zero-order valence-corrected chi connectivity index (χ0v) is 54.9. The van der Waals surface area contributed by atoms with Crippen LogP contribution in [-0.2, 0) is 32.7 Å². The van der Waals surface area contributed by atoms with Crippen molar-refractivity contribution in [2.45, 2.75) is 251 Å². The van der Waals surface area contributed by atoms with Crippen LogP contribution in [0.4, 0.5) is 0 Å². The summed E-state index contributed by atoms with van der Waals surface area (Å²) in [6.07, 6.45) is 94.5. The molecule has 84 heavy (non-hydrogen) atoms. The minimum atomic E-state index is -4.66. The van der Waals surface area contributed by atoms with Crippen LogP contribution in [0.15, 0.2) is 158 Å². The molecule has 0 aliphatic rings. The van der Waals surface area contributed by atoms with Crippen LogP contribution in [0.1, 0.15) is 245 Å². The van der Waals surface area contributed by atoms with Crippen molar-refractivity contribution in [2.75, 3.05) is 47.5 Å². The van der Waals surface area contributed by atoms with E-state index in [1.807, 2.05) is 21.1 Å². The molecular formula is C74H122NO8P. The fraction of sp³-hybridized carbons (Fsp3) is 0.622. The van der Waals surface area contributed by atoms with Gasteiger partial charge in [0.05, 0.1) is 27.7 Å². The molecule has 0 saturated carbocycles. The topological polar surface area (TPSA) is 111 Å². The van der Waals surface area contributed by atoms with Gasteiger partial charge in [-0.1, -0.05) is 268 Å². The molecule has 0 spiro atoms. The number of likely N-dealkylation sites (N-methyl/N-ethyl adjacent to an activating group) is 1. The van der Waals surface area contributed by atoms with Gasteiger partial charge in [0.25, 0.3) is 7.82 Å². The molecule has 9 nitrogen and oxygen atoms in total. The third kappa shape index (κ3) is 66.8. The first-order chi connectivity index (χ1) is 41.0. The van der Waals surface area contributed by atoms with E-state index in [0.717, 1.165) is 141 Å². The predicted molar refractivity (Wildman–Crippen MR) is 360 cm³/mol. The Labute approximate surface area is 516 Å². The normalized spacial score (nSPS) is 14.2. The number of ether oxygens (including phenoxy) is 2. The minimum Gasteiger partial charge on any atom is -0.756 e. The molecule has 10 heteroatoms. The number of hydrogen-bond acceptors (Lipinski definition) is 8. The number of phosphoric acid groups is 1. The average molecular weight is 1180 g/mol. The van der Waals surface area contributed by atoms with Crippen molar-refractivity contribution in [1.29, 1.82) is 0 Å². The molecule has 0 bridgehead atoms. The van der Waals surface area contributed by atoms with Crippen molar-refractivity contribution < 1.29 is 42.1 Å². The Bertz CT molecular complexity index is 1970. The standard InChI is InChI=1S/C74H122NO8P/c1-6-8-10-12-14-16-18-20-22-24-26-28-30-32-34-35-36-37-38-39-41-42-44-46-48-50-52-54-56-58-60-62-64-66-73(76)80-70-72(71-82-84(78,79)81-69-68-75(3,4)5)83-74(77)67-65-63-61-59-57-55-53-51-49-47-45-43-40-33-31-29-27-25-23-21-19-17-15-13-11-9-7-2/h8-11,14-17,20-23,26-29,32-34,36-37,40,45,47,51,53,72H,6-7,12-13,18-19,24-25,30-31,35,38-39,41-44,46,48-50,52,54-71H2,1-5H3/b10-8-,11-9-,16-14-,17-15-,22-20-,23-21-,28-26-,29-27-,34-32-,37-36-,40-33-,47-45-,53-51-. The van der Waals surface area contributed by atoms with Crippen LogP contribution in [0, 0.1) is 0 Å². The molecule has 2 unspecified atom stereocenters. The molecule has 0 fully saturated rings. The lowest BCUT2D eigenvalue weighted by molar-refractivity contribution is -0.870. The number of allylic oxidation sites excluding steroid dienone is 26. The number of hydrogen-bond donors (Lipinski definition) is 0. The first-order valence-corrected chi connectivity index (χ1v) is 34.7. The summed E-state index contributed by atoms with van der Waals surface area (Å²) in [7, 11) is 1.13. The molecule has 0 aromatic rings. The summed E-state index contributed by atoms with van der Waals surface area (Å²) in [4.78, 5) is 38.0. The average Bonchev–Trinajstić information content (AvgIpc) is 3.61. The molecule has 0 aliphatic heterocycles. The highest BCUT2D eigenvalue weighted by Crippen LogP contribution is 2.38. The lowest BCUT2D eigenvalue weighted by atomic mass is 10.0. The third-order valence-corrected chi connectivity index (χ3v) is 14.5. The summed E-state index contributed by atoms with van der Waals surface area (Å²) in [5, 5.41) is 0. The smallest absolute Gasteiger partial charge is 0.306 e. The summed E-state index contributed by atoms with van der Waals surface area (Å²) in [6, 6.07) is 0. The molecular weight excluding hydrogens is 1060 g/mol. The molecule has 0 heterocycles.